The number of halogens is 1. The van der Waals surface area contributed by atoms with Gasteiger partial charge < -0.3 is 9.84 Å². The Morgan fingerprint density at radius 2 is 2.21 bits per heavy atom. The van der Waals surface area contributed by atoms with Gasteiger partial charge in [-0.1, -0.05) is 20.8 Å². The fourth-order valence-electron chi connectivity index (χ4n) is 3.17. The van der Waals surface area contributed by atoms with E-state index >= 15 is 0 Å². The molecule has 0 aliphatic heterocycles. The Morgan fingerprint density at radius 3 is 2.84 bits per heavy atom. The Morgan fingerprint density at radius 1 is 1.47 bits per heavy atom. The topological polar surface area (TPSA) is 42.4 Å². The molecule has 1 aromatic rings. The molecule has 2 rings (SSSR count). The summed E-state index contributed by atoms with van der Waals surface area (Å²) in [5, 5.41) is 9.05. The molecule has 1 aliphatic rings. The normalized spacial score (nSPS) is 26.2. The number of ether oxygens (including phenoxy) is 1. The first kappa shape index (κ1) is 14.3. The Balaban J connectivity index is 2.13. The Labute approximate surface area is 113 Å². The lowest BCUT2D eigenvalue weighted by Gasteiger charge is -2.38. The summed E-state index contributed by atoms with van der Waals surface area (Å²) in [7, 11) is 0. The van der Waals surface area contributed by atoms with Crippen LogP contribution in [0.3, 0.4) is 0 Å². The highest BCUT2D eigenvalue weighted by atomic mass is 19.1. The molecule has 1 fully saturated rings. The van der Waals surface area contributed by atoms with Crippen molar-refractivity contribution in [3.05, 3.63) is 23.6 Å². The highest BCUT2D eigenvalue weighted by Gasteiger charge is 2.33. The molecule has 3 nitrogen and oxygen atoms in total. The zero-order valence-electron chi connectivity index (χ0n) is 11.8. The van der Waals surface area contributed by atoms with Gasteiger partial charge in [-0.2, -0.15) is 0 Å². The van der Waals surface area contributed by atoms with Crippen LogP contribution in [-0.2, 0) is 6.61 Å². The van der Waals surface area contributed by atoms with E-state index in [1.807, 2.05) is 0 Å². The molecule has 0 amide bonds. The van der Waals surface area contributed by atoms with Crippen LogP contribution in [0.15, 0.2) is 12.3 Å². The van der Waals surface area contributed by atoms with E-state index in [0.29, 0.717) is 5.92 Å². The molecular weight excluding hydrogens is 245 g/mol. The minimum atomic E-state index is -0.541. The fourth-order valence-corrected chi connectivity index (χ4v) is 3.17. The van der Waals surface area contributed by atoms with Crippen LogP contribution in [0.1, 0.15) is 45.6 Å². The van der Waals surface area contributed by atoms with Crippen molar-refractivity contribution in [3.63, 3.8) is 0 Å². The van der Waals surface area contributed by atoms with Gasteiger partial charge in [0.1, 0.15) is 6.10 Å². The molecule has 1 aliphatic carbocycles. The van der Waals surface area contributed by atoms with Gasteiger partial charge in [-0.15, -0.1) is 0 Å². The van der Waals surface area contributed by atoms with Crippen LogP contribution in [0, 0.1) is 17.2 Å². The average Bonchev–Trinajstić information content (AvgIpc) is 2.29. The molecule has 1 N–H and O–H groups in total. The Bertz CT molecular complexity index is 448. The monoisotopic (exact) mass is 267 g/mol. The van der Waals surface area contributed by atoms with E-state index in [1.165, 1.54) is 18.7 Å². The van der Waals surface area contributed by atoms with Crippen LogP contribution in [0.2, 0.25) is 0 Å². The predicted octanol–water partition coefficient (Wildman–Crippen LogP) is 3.31. The van der Waals surface area contributed by atoms with Gasteiger partial charge in [-0.25, -0.2) is 9.37 Å². The highest BCUT2D eigenvalue weighted by molar-refractivity contribution is 5.23. The molecule has 1 aromatic heterocycles. The van der Waals surface area contributed by atoms with Gasteiger partial charge in [0.2, 0.25) is 0 Å². The first-order chi connectivity index (χ1) is 8.91. The lowest BCUT2D eigenvalue weighted by atomic mass is 9.71. The number of hydrogen-bond donors (Lipinski definition) is 1. The molecule has 19 heavy (non-hydrogen) atoms. The molecule has 1 heterocycles. The van der Waals surface area contributed by atoms with Crippen molar-refractivity contribution in [3.8, 4) is 5.88 Å². The van der Waals surface area contributed by atoms with Crippen LogP contribution in [-0.4, -0.2) is 16.2 Å². The molecule has 0 radical (unpaired) electrons. The van der Waals surface area contributed by atoms with Gasteiger partial charge in [0.15, 0.2) is 5.82 Å². The molecule has 0 saturated heterocycles. The van der Waals surface area contributed by atoms with Crippen LogP contribution >= 0.6 is 0 Å². The predicted molar refractivity (Wildman–Crippen MR) is 71.3 cm³/mol. The SMILES string of the molecule is CC1CC(Oc2nccc(CO)c2F)CC(C)(C)C1. The van der Waals surface area contributed by atoms with Gasteiger partial charge >= 0.3 is 0 Å². The van der Waals surface area contributed by atoms with Crippen LogP contribution in [0.5, 0.6) is 5.88 Å². The number of aliphatic hydroxyl groups is 1. The van der Waals surface area contributed by atoms with Crippen molar-refractivity contribution in [2.45, 2.75) is 52.7 Å². The third-order valence-corrected chi connectivity index (χ3v) is 3.73. The molecule has 0 spiro atoms. The maximum absolute atomic E-state index is 14.0. The summed E-state index contributed by atoms with van der Waals surface area (Å²) < 4.78 is 19.7. The molecule has 0 bridgehead atoms. The largest absolute Gasteiger partial charge is 0.472 e. The third kappa shape index (κ3) is 3.44. The van der Waals surface area contributed by atoms with Crippen LogP contribution in [0.4, 0.5) is 4.39 Å². The van der Waals surface area contributed by atoms with Crippen molar-refractivity contribution in [2.24, 2.45) is 11.3 Å². The van der Waals surface area contributed by atoms with Crippen molar-refractivity contribution in [1.29, 1.82) is 0 Å². The van der Waals surface area contributed by atoms with E-state index in [9.17, 15) is 4.39 Å². The molecule has 1 saturated carbocycles. The van der Waals surface area contributed by atoms with Gasteiger partial charge in [0.25, 0.3) is 5.88 Å². The Hall–Kier alpha value is -1.16. The number of rotatable bonds is 3. The third-order valence-electron chi connectivity index (χ3n) is 3.73. The number of pyridine rings is 1. The number of nitrogens with zero attached hydrogens (tertiary/aromatic N) is 1. The minimum Gasteiger partial charge on any atom is -0.472 e. The van der Waals surface area contributed by atoms with E-state index < -0.39 is 5.82 Å². The van der Waals surface area contributed by atoms with E-state index in [-0.39, 0.29) is 29.6 Å². The smallest absolute Gasteiger partial charge is 0.251 e. The van der Waals surface area contributed by atoms with Crippen molar-refractivity contribution < 1.29 is 14.2 Å². The number of aliphatic hydroxyl groups excluding tert-OH is 1. The minimum absolute atomic E-state index is 0.00491. The summed E-state index contributed by atoms with van der Waals surface area (Å²) >= 11 is 0. The molecular formula is C15H22FNO2. The van der Waals surface area contributed by atoms with E-state index in [1.54, 1.807) is 0 Å². The van der Waals surface area contributed by atoms with Crippen molar-refractivity contribution in [2.75, 3.05) is 0 Å². The lowest BCUT2D eigenvalue weighted by Crippen LogP contribution is -2.34. The average molecular weight is 267 g/mol. The molecule has 2 atom stereocenters. The van der Waals surface area contributed by atoms with Crippen LogP contribution in [0.25, 0.3) is 0 Å². The maximum atomic E-state index is 14.0. The molecule has 0 aromatic carbocycles. The first-order valence-electron chi connectivity index (χ1n) is 6.82. The quantitative estimate of drug-likeness (QED) is 0.913. The van der Waals surface area contributed by atoms with Gasteiger partial charge in [0, 0.05) is 11.8 Å². The standard InChI is InChI=1S/C15H22FNO2/c1-10-6-12(8-15(2,3)7-10)19-14-13(16)11(9-18)4-5-17-14/h4-5,10,12,18H,6-9H2,1-3H3. The van der Waals surface area contributed by atoms with Gasteiger partial charge in [0.05, 0.1) is 6.61 Å². The second-order valence-corrected chi connectivity index (χ2v) is 6.40. The lowest BCUT2D eigenvalue weighted by molar-refractivity contribution is 0.0500. The van der Waals surface area contributed by atoms with E-state index in [0.717, 1.165) is 12.8 Å². The molecule has 2 unspecified atom stereocenters. The van der Waals surface area contributed by atoms with Gasteiger partial charge in [-0.05, 0) is 36.7 Å². The van der Waals surface area contributed by atoms with E-state index in [2.05, 4.69) is 25.8 Å². The zero-order valence-corrected chi connectivity index (χ0v) is 11.8. The molecule has 4 heteroatoms. The second-order valence-electron chi connectivity index (χ2n) is 6.40. The van der Waals surface area contributed by atoms with E-state index in [4.69, 9.17) is 9.84 Å². The first-order valence-corrected chi connectivity index (χ1v) is 6.82. The summed E-state index contributed by atoms with van der Waals surface area (Å²) in [5.41, 5.74) is 0.445. The van der Waals surface area contributed by atoms with Crippen molar-refractivity contribution >= 4 is 0 Å². The number of hydrogen-bond acceptors (Lipinski definition) is 3. The summed E-state index contributed by atoms with van der Waals surface area (Å²) in [6, 6.07) is 1.47. The van der Waals surface area contributed by atoms with Crippen molar-refractivity contribution in [1.82, 2.24) is 4.98 Å². The summed E-state index contributed by atoms with van der Waals surface area (Å²) in [6.45, 7) is 6.29. The maximum Gasteiger partial charge on any atom is 0.251 e. The summed E-state index contributed by atoms with van der Waals surface area (Å²) in [5.74, 6) is 0.0420. The second kappa shape index (κ2) is 5.45. The summed E-state index contributed by atoms with van der Waals surface area (Å²) in [6.07, 6.45) is 4.46. The molecule has 106 valence electrons. The number of aromatic nitrogens is 1. The van der Waals surface area contributed by atoms with Crippen LogP contribution < -0.4 is 4.74 Å². The summed E-state index contributed by atoms with van der Waals surface area (Å²) in [4.78, 5) is 3.95. The fraction of sp³-hybridized carbons (Fsp3) is 0.667. The van der Waals surface area contributed by atoms with Gasteiger partial charge in [-0.3, -0.25) is 0 Å². The zero-order chi connectivity index (χ0) is 14.0. The Kier molecular flexibility index (Phi) is 4.09. The highest BCUT2D eigenvalue weighted by Crippen LogP contribution is 2.40.